The molecule has 4 fully saturated rings. The quantitative estimate of drug-likeness (QED) is 0.197. The highest BCUT2D eigenvalue weighted by Crippen LogP contribution is 2.45. The van der Waals surface area contributed by atoms with E-state index in [0.717, 1.165) is 12.8 Å². The van der Waals surface area contributed by atoms with Gasteiger partial charge in [0, 0.05) is 45.3 Å². The Hall–Kier alpha value is -1.42. The fourth-order valence-corrected chi connectivity index (χ4v) is 9.35. The zero-order valence-corrected chi connectivity index (χ0v) is 33.5. The lowest BCUT2D eigenvalue weighted by molar-refractivity contribution is -0.246. The van der Waals surface area contributed by atoms with E-state index in [1.165, 1.54) is 20.3 Å². The highest BCUT2D eigenvalue weighted by Gasteiger charge is 2.56. The lowest BCUT2D eigenvalue weighted by atomic mass is 9.78. The molecule has 8 N–H and O–H groups in total. The Kier molecular flexibility index (Phi) is 12.4. The van der Waals surface area contributed by atoms with Crippen molar-refractivity contribution in [1.82, 2.24) is 25.6 Å². The maximum atomic E-state index is 12.9. The minimum absolute atomic E-state index is 0.00684. The summed E-state index contributed by atoms with van der Waals surface area (Å²) in [7, 11) is 0. The van der Waals surface area contributed by atoms with E-state index in [0.29, 0.717) is 25.7 Å². The van der Waals surface area contributed by atoms with Gasteiger partial charge in [0.05, 0.1) is 22.9 Å². The molecule has 49 heavy (non-hydrogen) atoms. The number of nitrogens with zero attached hydrogens (tertiary/aromatic N) is 4. The van der Waals surface area contributed by atoms with Gasteiger partial charge in [-0.3, -0.25) is 9.59 Å². The topological polar surface area (TPSA) is 186 Å². The SMILES string of the molecule is CC1(C)CC(C(=O)O)C(C)(C)N1O.CC1(C)CC(N)CC(C)(C)N1O.CC1(C)CC(NC(=O)C2CC(C)(C)N(O)C2(C)C)CC(C)(C)N1O. The first-order chi connectivity index (χ1) is 21.6. The van der Waals surface area contributed by atoms with E-state index in [2.05, 4.69) is 5.32 Å². The van der Waals surface area contributed by atoms with Gasteiger partial charge in [0.1, 0.15) is 0 Å². The number of hydroxylamine groups is 8. The predicted octanol–water partition coefficient (Wildman–Crippen LogP) is 5.48. The van der Waals surface area contributed by atoms with Crippen LogP contribution in [0, 0.1) is 11.8 Å². The molecule has 288 valence electrons. The molecule has 13 nitrogen and oxygen atoms in total. The lowest BCUT2D eigenvalue weighted by Crippen LogP contribution is -2.63. The van der Waals surface area contributed by atoms with Gasteiger partial charge in [0.2, 0.25) is 5.91 Å². The summed E-state index contributed by atoms with van der Waals surface area (Å²) in [5.41, 5.74) is 2.58. The minimum atomic E-state index is -0.838. The molecule has 4 rings (SSSR count). The third-order valence-corrected chi connectivity index (χ3v) is 11.6. The monoisotopic (exact) mass is 701 g/mol. The van der Waals surface area contributed by atoms with Gasteiger partial charge in [0.25, 0.3) is 0 Å². The molecule has 4 heterocycles. The lowest BCUT2D eigenvalue weighted by Gasteiger charge is -2.51. The summed E-state index contributed by atoms with van der Waals surface area (Å²) < 4.78 is 0. The van der Waals surface area contributed by atoms with Crippen molar-refractivity contribution in [3.63, 3.8) is 0 Å². The van der Waals surface area contributed by atoms with Crippen LogP contribution < -0.4 is 11.1 Å². The Morgan fingerprint density at radius 3 is 1.06 bits per heavy atom. The average molecular weight is 701 g/mol. The van der Waals surface area contributed by atoms with Crippen LogP contribution in [0.15, 0.2) is 0 Å². The van der Waals surface area contributed by atoms with E-state index in [1.807, 2.05) is 96.9 Å². The molecule has 1 amide bonds. The minimum Gasteiger partial charge on any atom is -0.481 e. The van der Waals surface area contributed by atoms with Crippen molar-refractivity contribution in [3.05, 3.63) is 0 Å². The number of aliphatic carboxylic acids is 1. The number of carboxylic acid groups (broad SMARTS) is 1. The molecule has 4 saturated heterocycles. The Morgan fingerprint density at radius 1 is 0.510 bits per heavy atom. The normalized spacial score (nSPS) is 31.9. The van der Waals surface area contributed by atoms with Crippen LogP contribution in [0.1, 0.15) is 149 Å². The van der Waals surface area contributed by atoms with E-state index in [4.69, 9.17) is 10.8 Å². The maximum absolute atomic E-state index is 12.9. The van der Waals surface area contributed by atoms with Gasteiger partial charge in [-0.1, -0.05) is 0 Å². The maximum Gasteiger partial charge on any atom is 0.308 e. The van der Waals surface area contributed by atoms with Gasteiger partial charge in [-0.05, 0) is 149 Å². The van der Waals surface area contributed by atoms with E-state index < -0.39 is 45.1 Å². The largest absolute Gasteiger partial charge is 0.481 e. The van der Waals surface area contributed by atoms with Gasteiger partial charge in [-0.2, -0.15) is 20.3 Å². The summed E-state index contributed by atoms with van der Waals surface area (Å²) in [6.45, 7) is 31.0. The molecule has 4 aliphatic rings. The van der Waals surface area contributed by atoms with Crippen LogP contribution in [0.5, 0.6) is 0 Å². The molecule has 0 radical (unpaired) electrons. The van der Waals surface area contributed by atoms with Crippen LogP contribution in [0.3, 0.4) is 0 Å². The number of hydrogen-bond donors (Lipinski definition) is 7. The first-order valence-electron chi connectivity index (χ1n) is 17.8. The Bertz CT molecular complexity index is 1160. The second kappa shape index (κ2) is 13.9. The Labute approximate surface area is 296 Å². The first-order valence-corrected chi connectivity index (χ1v) is 17.8. The second-order valence-corrected chi connectivity index (χ2v) is 20.1. The molecular weight excluding hydrogens is 628 g/mol. The summed E-state index contributed by atoms with van der Waals surface area (Å²) >= 11 is 0. The molecule has 0 aromatic carbocycles. The van der Waals surface area contributed by atoms with Crippen molar-refractivity contribution in [2.75, 3.05) is 0 Å². The fraction of sp³-hybridized carbons (Fsp3) is 0.944. The van der Waals surface area contributed by atoms with Gasteiger partial charge in [0.15, 0.2) is 0 Å². The third-order valence-electron chi connectivity index (χ3n) is 11.6. The van der Waals surface area contributed by atoms with Gasteiger partial charge >= 0.3 is 5.97 Å². The molecular formula is C36H72N6O7. The molecule has 2 atom stereocenters. The second-order valence-electron chi connectivity index (χ2n) is 20.1. The number of carbonyl (C=O) groups is 2. The number of carbonyl (C=O) groups excluding carboxylic acids is 1. The standard InChI is InChI=1S/C18H35N3O3.C9H20N2O.C9H17NO3/c1-15(2)9-12(10-16(3,4)20(15)23)19-14(22)13-11-17(5,6)21(24)18(13,7)8;1-8(2)5-7(10)6-9(3,4)11(8)12;1-8(2)5-6(7(11)12)9(3,4)10(8)13/h12-13,23-24H,9-11H2,1-8H3,(H,19,22);7,12H,5-6,10H2,1-4H3;6,13H,5H2,1-4H3,(H,11,12). The van der Waals surface area contributed by atoms with Crippen LogP contribution >= 0.6 is 0 Å². The van der Waals surface area contributed by atoms with Gasteiger partial charge in [-0.25, -0.2) is 0 Å². The van der Waals surface area contributed by atoms with Crippen molar-refractivity contribution in [3.8, 4) is 0 Å². The molecule has 4 aliphatic heterocycles. The molecule has 0 bridgehead atoms. The van der Waals surface area contributed by atoms with Crippen molar-refractivity contribution in [1.29, 1.82) is 0 Å². The first kappa shape index (κ1) is 43.7. The molecule has 0 aliphatic carbocycles. The molecule has 0 aromatic rings. The number of amides is 1. The predicted molar refractivity (Wildman–Crippen MR) is 189 cm³/mol. The van der Waals surface area contributed by atoms with Crippen LogP contribution in [0.25, 0.3) is 0 Å². The van der Waals surface area contributed by atoms with E-state index in [-0.39, 0.29) is 35.0 Å². The fourth-order valence-electron chi connectivity index (χ4n) is 9.35. The zero-order valence-electron chi connectivity index (χ0n) is 33.5. The smallest absolute Gasteiger partial charge is 0.308 e. The number of nitrogens with two attached hydrogens (primary N) is 1. The van der Waals surface area contributed by atoms with Crippen LogP contribution in [0.2, 0.25) is 0 Å². The van der Waals surface area contributed by atoms with Crippen molar-refractivity contribution >= 4 is 11.9 Å². The Balaban J connectivity index is 0.000000281. The summed E-state index contributed by atoms with van der Waals surface area (Å²) in [5, 5.41) is 58.0. The van der Waals surface area contributed by atoms with Crippen molar-refractivity contribution in [2.24, 2.45) is 17.6 Å². The summed E-state index contributed by atoms with van der Waals surface area (Å²) in [6.07, 6.45) is 4.19. The zero-order chi connectivity index (χ0) is 38.7. The molecule has 0 spiro atoms. The molecule has 13 heteroatoms. The number of hydrogen-bond acceptors (Lipinski definition) is 11. The number of carboxylic acids is 1. The Morgan fingerprint density at radius 2 is 0.796 bits per heavy atom. The number of piperidine rings is 2. The number of nitrogens with one attached hydrogen (secondary N) is 1. The third kappa shape index (κ3) is 9.15. The van der Waals surface area contributed by atoms with Gasteiger partial charge < -0.3 is 37.0 Å². The van der Waals surface area contributed by atoms with Crippen molar-refractivity contribution < 1.29 is 35.5 Å². The average Bonchev–Trinajstić information content (AvgIpc) is 3.18. The van der Waals surface area contributed by atoms with Crippen LogP contribution in [-0.4, -0.2) is 114 Å². The van der Waals surface area contributed by atoms with Crippen molar-refractivity contribution in [2.45, 2.75) is 206 Å². The van der Waals surface area contributed by atoms with E-state index in [9.17, 15) is 30.4 Å². The van der Waals surface area contributed by atoms with Crippen LogP contribution in [-0.2, 0) is 9.59 Å². The molecule has 0 saturated carbocycles. The van der Waals surface area contributed by atoms with Crippen LogP contribution in [0.4, 0.5) is 0 Å². The summed E-state index contributed by atoms with van der Waals surface area (Å²) in [4.78, 5) is 23.9. The number of rotatable bonds is 3. The van der Waals surface area contributed by atoms with E-state index in [1.54, 1.807) is 13.8 Å². The molecule has 0 aromatic heterocycles. The summed E-state index contributed by atoms with van der Waals surface area (Å²) in [5.74, 6) is -1.62. The highest BCUT2D eigenvalue weighted by molar-refractivity contribution is 5.81. The molecule has 2 unspecified atom stereocenters. The summed E-state index contributed by atoms with van der Waals surface area (Å²) in [6, 6.07) is 0.218. The highest BCUT2D eigenvalue weighted by atomic mass is 16.5. The van der Waals surface area contributed by atoms with E-state index >= 15 is 0 Å². The van der Waals surface area contributed by atoms with Gasteiger partial charge in [-0.15, -0.1) is 0 Å².